The van der Waals surface area contributed by atoms with E-state index >= 15 is 0 Å². The van der Waals surface area contributed by atoms with Crippen molar-refractivity contribution in [2.75, 3.05) is 13.2 Å². The van der Waals surface area contributed by atoms with Crippen LogP contribution in [-0.4, -0.2) is 48.1 Å². The van der Waals surface area contributed by atoms with Crippen LogP contribution in [-0.2, 0) is 10.0 Å². The topological polar surface area (TPSA) is 94.9 Å². The summed E-state index contributed by atoms with van der Waals surface area (Å²) in [5, 5.41) is 19.9. The Bertz CT molecular complexity index is 617. The van der Waals surface area contributed by atoms with Gasteiger partial charge in [0, 0.05) is 12.6 Å². The highest BCUT2D eigenvalue weighted by Gasteiger charge is 2.37. The van der Waals surface area contributed by atoms with Gasteiger partial charge in [-0.25, -0.2) is 13.2 Å². The van der Waals surface area contributed by atoms with Crippen molar-refractivity contribution in [2.45, 2.75) is 43.5 Å². The third-order valence-corrected chi connectivity index (χ3v) is 7.09. The number of aliphatic hydroxyl groups excluding tert-OH is 1. The summed E-state index contributed by atoms with van der Waals surface area (Å²) in [7, 11) is -3.91. The van der Waals surface area contributed by atoms with Gasteiger partial charge < -0.3 is 10.2 Å². The fourth-order valence-corrected chi connectivity index (χ4v) is 6.07. The Morgan fingerprint density at radius 2 is 2.05 bits per heavy atom. The van der Waals surface area contributed by atoms with Gasteiger partial charge in [0.15, 0.2) is 0 Å². The van der Waals surface area contributed by atoms with Crippen molar-refractivity contribution in [2.24, 2.45) is 0 Å². The first-order valence-corrected chi connectivity index (χ1v) is 9.15. The molecule has 0 amide bonds. The maximum Gasteiger partial charge on any atom is 0.347 e. The van der Waals surface area contributed by atoms with E-state index in [1.807, 2.05) is 0 Å². The highest BCUT2D eigenvalue weighted by atomic mass is 32.2. The smallest absolute Gasteiger partial charge is 0.347 e. The van der Waals surface area contributed by atoms with Gasteiger partial charge in [0.25, 0.3) is 0 Å². The summed E-state index contributed by atoms with van der Waals surface area (Å²) in [6.07, 6.45) is 3.42. The van der Waals surface area contributed by atoms with Crippen molar-refractivity contribution in [1.29, 1.82) is 0 Å². The minimum absolute atomic E-state index is 0.00134. The molecule has 0 unspecified atom stereocenters. The molecule has 0 saturated heterocycles. The number of sulfonamides is 1. The SMILES string of the molecule is Cc1csc(C(=O)O)c1S(=O)(=O)N(CCO)C1CCCC1. The molecule has 21 heavy (non-hydrogen) atoms. The molecule has 0 spiro atoms. The van der Waals surface area contributed by atoms with E-state index in [9.17, 15) is 23.4 Å². The Balaban J connectivity index is 2.47. The molecule has 0 atom stereocenters. The second-order valence-corrected chi connectivity index (χ2v) is 7.87. The highest BCUT2D eigenvalue weighted by molar-refractivity contribution is 7.89. The van der Waals surface area contributed by atoms with Gasteiger partial charge in [0.05, 0.1) is 6.61 Å². The Hall–Kier alpha value is -0.960. The molecular weight excluding hydrogens is 314 g/mol. The van der Waals surface area contributed by atoms with Crippen molar-refractivity contribution in [3.63, 3.8) is 0 Å². The van der Waals surface area contributed by atoms with Gasteiger partial charge in [-0.2, -0.15) is 4.31 Å². The van der Waals surface area contributed by atoms with Crippen LogP contribution in [0.25, 0.3) is 0 Å². The number of carbonyl (C=O) groups is 1. The molecule has 1 saturated carbocycles. The molecule has 2 rings (SSSR count). The molecule has 1 aromatic heterocycles. The van der Waals surface area contributed by atoms with Crippen LogP contribution in [0.4, 0.5) is 0 Å². The summed E-state index contributed by atoms with van der Waals surface area (Å²) in [4.78, 5) is 11.0. The van der Waals surface area contributed by atoms with Crippen molar-refractivity contribution in [3.8, 4) is 0 Å². The van der Waals surface area contributed by atoms with E-state index in [1.54, 1.807) is 12.3 Å². The first kappa shape index (κ1) is 16.4. The molecule has 1 aliphatic carbocycles. The maximum absolute atomic E-state index is 12.9. The third-order valence-electron chi connectivity index (χ3n) is 3.73. The fraction of sp³-hybridized carbons (Fsp3) is 0.615. The zero-order chi connectivity index (χ0) is 15.6. The van der Waals surface area contributed by atoms with Gasteiger partial charge in [-0.05, 0) is 30.7 Å². The van der Waals surface area contributed by atoms with Gasteiger partial charge in [-0.1, -0.05) is 12.8 Å². The second-order valence-electron chi connectivity index (χ2n) is 5.16. The van der Waals surface area contributed by atoms with Crippen molar-refractivity contribution >= 4 is 27.3 Å². The van der Waals surface area contributed by atoms with E-state index in [0.717, 1.165) is 37.0 Å². The number of aliphatic hydroxyl groups is 1. The molecule has 118 valence electrons. The number of nitrogens with zero attached hydrogens (tertiary/aromatic N) is 1. The summed E-state index contributed by atoms with van der Waals surface area (Å²) in [5.74, 6) is -1.23. The number of carboxylic acids is 1. The third kappa shape index (κ3) is 3.13. The molecule has 8 heteroatoms. The average Bonchev–Trinajstić information content (AvgIpc) is 3.04. The minimum atomic E-state index is -3.91. The predicted octanol–water partition coefficient (Wildman–Crippen LogP) is 1.68. The molecule has 0 radical (unpaired) electrons. The molecule has 1 heterocycles. The minimum Gasteiger partial charge on any atom is -0.477 e. The van der Waals surface area contributed by atoms with E-state index < -0.39 is 16.0 Å². The zero-order valence-electron chi connectivity index (χ0n) is 11.8. The first-order chi connectivity index (χ1) is 9.89. The predicted molar refractivity (Wildman–Crippen MR) is 79.2 cm³/mol. The molecule has 1 aliphatic rings. The maximum atomic E-state index is 12.9. The van der Waals surface area contributed by atoms with E-state index in [4.69, 9.17) is 0 Å². The van der Waals surface area contributed by atoms with E-state index in [0.29, 0.717) is 5.56 Å². The van der Waals surface area contributed by atoms with Gasteiger partial charge in [-0.3, -0.25) is 0 Å². The summed E-state index contributed by atoms with van der Waals surface area (Å²) in [6.45, 7) is 1.32. The Morgan fingerprint density at radius 1 is 1.43 bits per heavy atom. The van der Waals surface area contributed by atoms with Crippen LogP contribution in [0.15, 0.2) is 10.3 Å². The van der Waals surface area contributed by atoms with E-state index in [1.165, 1.54) is 4.31 Å². The number of thiophene rings is 1. The molecule has 1 fully saturated rings. The normalized spacial score (nSPS) is 16.7. The van der Waals surface area contributed by atoms with Gasteiger partial charge in [0.1, 0.15) is 9.77 Å². The van der Waals surface area contributed by atoms with Gasteiger partial charge in [-0.15, -0.1) is 11.3 Å². The van der Waals surface area contributed by atoms with Crippen LogP contribution in [0.2, 0.25) is 0 Å². The molecule has 2 N–H and O–H groups in total. The summed E-state index contributed by atoms with van der Waals surface area (Å²) >= 11 is 0.921. The zero-order valence-corrected chi connectivity index (χ0v) is 13.4. The van der Waals surface area contributed by atoms with Crippen LogP contribution in [0, 0.1) is 6.92 Å². The van der Waals surface area contributed by atoms with Crippen LogP contribution < -0.4 is 0 Å². The molecule has 0 aromatic carbocycles. The molecule has 0 bridgehead atoms. The van der Waals surface area contributed by atoms with Gasteiger partial charge in [0.2, 0.25) is 10.0 Å². The Labute approximate surface area is 128 Å². The highest BCUT2D eigenvalue weighted by Crippen LogP contribution is 2.33. The standard InChI is InChI=1S/C13H19NO5S2/c1-9-8-20-11(13(16)17)12(9)21(18,19)14(6-7-15)10-4-2-3-5-10/h8,10,15H,2-7H2,1H3,(H,16,17). The van der Waals surface area contributed by atoms with Crippen molar-refractivity contribution in [1.82, 2.24) is 4.31 Å². The van der Waals surface area contributed by atoms with Crippen LogP contribution in [0.1, 0.15) is 40.9 Å². The Kier molecular flexibility index (Phi) is 5.03. The monoisotopic (exact) mass is 333 g/mol. The first-order valence-electron chi connectivity index (χ1n) is 6.83. The summed E-state index contributed by atoms with van der Waals surface area (Å²) in [5.41, 5.74) is 0.443. The second kappa shape index (κ2) is 6.43. The number of hydrogen-bond acceptors (Lipinski definition) is 5. The molecular formula is C13H19NO5S2. The molecule has 1 aromatic rings. The van der Waals surface area contributed by atoms with Crippen molar-refractivity contribution < 1.29 is 23.4 Å². The van der Waals surface area contributed by atoms with E-state index in [-0.39, 0.29) is 29.0 Å². The lowest BCUT2D eigenvalue weighted by molar-refractivity contribution is 0.0698. The molecule has 6 nitrogen and oxygen atoms in total. The quantitative estimate of drug-likeness (QED) is 0.826. The van der Waals surface area contributed by atoms with Crippen LogP contribution in [0.5, 0.6) is 0 Å². The number of hydrogen-bond donors (Lipinski definition) is 2. The summed E-state index contributed by atoms with van der Waals surface area (Å²) in [6, 6.07) is -0.150. The average molecular weight is 333 g/mol. The fourth-order valence-electron chi connectivity index (χ4n) is 2.81. The lowest BCUT2D eigenvalue weighted by Gasteiger charge is -2.27. The number of aromatic carboxylic acids is 1. The summed E-state index contributed by atoms with van der Waals surface area (Å²) < 4.78 is 27.0. The Morgan fingerprint density at radius 3 is 2.57 bits per heavy atom. The van der Waals surface area contributed by atoms with E-state index in [2.05, 4.69) is 0 Å². The lowest BCUT2D eigenvalue weighted by atomic mass is 10.2. The number of aryl methyl sites for hydroxylation is 1. The lowest BCUT2D eigenvalue weighted by Crippen LogP contribution is -2.41. The van der Waals surface area contributed by atoms with Crippen molar-refractivity contribution in [3.05, 3.63) is 15.8 Å². The number of carboxylic acid groups (broad SMARTS) is 1. The van der Waals surface area contributed by atoms with Crippen LogP contribution in [0.3, 0.4) is 0 Å². The van der Waals surface area contributed by atoms with Crippen LogP contribution >= 0.6 is 11.3 Å². The van der Waals surface area contributed by atoms with Gasteiger partial charge >= 0.3 is 5.97 Å². The largest absolute Gasteiger partial charge is 0.477 e. The molecule has 0 aliphatic heterocycles. The number of rotatable bonds is 6.